The summed E-state index contributed by atoms with van der Waals surface area (Å²) in [5.74, 6) is -0.798. The fourth-order valence-corrected chi connectivity index (χ4v) is 1.56. The second-order valence-corrected chi connectivity index (χ2v) is 3.68. The van der Waals surface area contributed by atoms with Crippen LogP contribution in [0.15, 0.2) is 18.2 Å². The Morgan fingerprint density at radius 1 is 1.47 bits per heavy atom. The summed E-state index contributed by atoms with van der Waals surface area (Å²) in [5, 5.41) is 9.23. The van der Waals surface area contributed by atoms with Gasteiger partial charge in [0.25, 0.3) is 0 Å². The van der Waals surface area contributed by atoms with Crippen LogP contribution in [0, 0.1) is 0 Å². The molecule has 0 aromatic heterocycles. The molecule has 0 aliphatic carbocycles. The Morgan fingerprint density at radius 2 is 2.20 bits per heavy atom. The maximum absolute atomic E-state index is 10.5. The third-order valence-corrected chi connectivity index (χ3v) is 2.31. The third-order valence-electron chi connectivity index (χ3n) is 2.08. The van der Waals surface area contributed by atoms with Crippen molar-refractivity contribution in [2.75, 3.05) is 7.11 Å². The minimum atomic E-state index is -0.798. The number of hydrogen-bond donors (Lipinski definition) is 1. The molecule has 0 saturated carbocycles. The molecule has 0 aliphatic rings. The topological polar surface area (TPSA) is 46.5 Å². The Kier molecular flexibility index (Phi) is 4.59. The van der Waals surface area contributed by atoms with Gasteiger partial charge in [-0.05, 0) is 29.7 Å². The smallest absolute Gasteiger partial charge is 0.303 e. The van der Waals surface area contributed by atoms with E-state index in [1.807, 2.05) is 12.1 Å². The molecule has 3 nitrogen and oxygen atoms in total. The first-order valence-electron chi connectivity index (χ1n) is 4.61. The fourth-order valence-electron chi connectivity index (χ4n) is 1.37. The predicted octanol–water partition coefficient (Wildman–Crippen LogP) is 2.50. The van der Waals surface area contributed by atoms with Crippen molar-refractivity contribution in [1.29, 1.82) is 0 Å². The van der Waals surface area contributed by atoms with Crippen molar-refractivity contribution < 1.29 is 14.6 Å². The van der Waals surface area contributed by atoms with Gasteiger partial charge in [0.2, 0.25) is 0 Å². The lowest BCUT2D eigenvalue weighted by molar-refractivity contribution is -0.136. The summed E-state index contributed by atoms with van der Waals surface area (Å²) >= 11 is 5.84. The number of hydrogen-bond acceptors (Lipinski definition) is 2. The molecule has 1 rings (SSSR count). The quantitative estimate of drug-likeness (QED) is 0.842. The SMILES string of the molecule is COCc1cc(Cl)ccc1CCC(=O)O. The van der Waals surface area contributed by atoms with Crippen LogP contribution in [-0.4, -0.2) is 18.2 Å². The van der Waals surface area contributed by atoms with Crippen LogP contribution in [0.1, 0.15) is 17.5 Å². The lowest BCUT2D eigenvalue weighted by Crippen LogP contribution is -2.01. The maximum Gasteiger partial charge on any atom is 0.303 e. The lowest BCUT2D eigenvalue weighted by Gasteiger charge is -2.08. The number of carboxylic acids is 1. The monoisotopic (exact) mass is 228 g/mol. The number of aryl methyl sites for hydroxylation is 1. The van der Waals surface area contributed by atoms with Crippen molar-refractivity contribution in [2.45, 2.75) is 19.4 Å². The van der Waals surface area contributed by atoms with Gasteiger partial charge in [-0.15, -0.1) is 0 Å². The molecule has 15 heavy (non-hydrogen) atoms. The number of carboxylic acid groups (broad SMARTS) is 1. The molecule has 0 fully saturated rings. The van der Waals surface area contributed by atoms with Gasteiger partial charge in [-0.25, -0.2) is 0 Å². The fraction of sp³-hybridized carbons (Fsp3) is 0.364. The molecule has 0 unspecified atom stereocenters. The van der Waals surface area contributed by atoms with Gasteiger partial charge in [0, 0.05) is 18.6 Å². The Balaban J connectivity index is 2.80. The summed E-state index contributed by atoms with van der Waals surface area (Å²) in [7, 11) is 1.60. The first-order valence-corrected chi connectivity index (χ1v) is 4.99. The molecule has 82 valence electrons. The number of ether oxygens (including phenoxy) is 1. The number of carbonyl (C=O) groups is 1. The molecule has 0 amide bonds. The number of aliphatic carboxylic acids is 1. The molecule has 0 aliphatic heterocycles. The minimum Gasteiger partial charge on any atom is -0.481 e. The summed E-state index contributed by atoms with van der Waals surface area (Å²) in [4.78, 5) is 10.5. The van der Waals surface area contributed by atoms with Crippen LogP contribution in [0.25, 0.3) is 0 Å². The van der Waals surface area contributed by atoms with Crippen LogP contribution in [0.3, 0.4) is 0 Å². The zero-order chi connectivity index (χ0) is 11.3. The van der Waals surface area contributed by atoms with Crippen molar-refractivity contribution in [2.24, 2.45) is 0 Å². The molecular formula is C11H13ClO3. The molecule has 0 saturated heterocycles. The van der Waals surface area contributed by atoms with Gasteiger partial charge in [0.15, 0.2) is 0 Å². The van der Waals surface area contributed by atoms with Crippen LogP contribution >= 0.6 is 11.6 Å². The Labute approximate surface area is 93.6 Å². The highest BCUT2D eigenvalue weighted by Gasteiger charge is 2.05. The van der Waals surface area contributed by atoms with Gasteiger partial charge in [-0.2, -0.15) is 0 Å². The molecule has 0 radical (unpaired) electrons. The van der Waals surface area contributed by atoms with Crippen LogP contribution in [-0.2, 0) is 22.6 Å². The predicted molar refractivity (Wildman–Crippen MR) is 58.1 cm³/mol. The van der Waals surface area contributed by atoms with Crippen molar-refractivity contribution >= 4 is 17.6 Å². The van der Waals surface area contributed by atoms with Crippen molar-refractivity contribution in [3.8, 4) is 0 Å². The largest absolute Gasteiger partial charge is 0.481 e. The molecule has 1 aromatic carbocycles. The van der Waals surface area contributed by atoms with Gasteiger partial charge in [-0.1, -0.05) is 17.7 Å². The van der Waals surface area contributed by atoms with Crippen LogP contribution in [0.5, 0.6) is 0 Å². The average molecular weight is 229 g/mol. The Bertz CT molecular complexity index is 350. The van der Waals surface area contributed by atoms with E-state index in [-0.39, 0.29) is 6.42 Å². The van der Waals surface area contributed by atoms with E-state index in [1.165, 1.54) is 0 Å². The highest BCUT2D eigenvalue weighted by molar-refractivity contribution is 6.30. The molecular weight excluding hydrogens is 216 g/mol. The number of benzene rings is 1. The van der Waals surface area contributed by atoms with Gasteiger partial charge in [0.05, 0.1) is 6.61 Å². The van der Waals surface area contributed by atoms with E-state index >= 15 is 0 Å². The van der Waals surface area contributed by atoms with E-state index in [0.29, 0.717) is 18.1 Å². The number of rotatable bonds is 5. The summed E-state index contributed by atoms with van der Waals surface area (Å²) in [6.45, 7) is 0.454. The summed E-state index contributed by atoms with van der Waals surface area (Å²) in [5.41, 5.74) is 1.93. The van der Waals surface area contributed by atoms with Crippen molar-refractivity contribution in [3.05, 3.63) is 34.3 Å². The highest BCUT2D eigenvalue weighted by atomic mass is 35.5. The minimum absolute atomic E-state index is 0.123. The highest BCUT2D eigenvalue weighted by Crippen LogP contribution is 2.18. The second-order valence-electron chi connectivity index (χ2n) is 3.24. The van der Waals surface area contributed by atoms with E-state index in [0.717, 1.165) is 11.1 Å². The Morgan fingerprint density at radius 3 is 2.80 bits per heavy atom. The molecule has 0 heterocycles. The standard InChI is InChI=1S/C11H13ClO3/c1-15-7-9-6-10(12)4-2-8(9)3-5-11(13)14/h2,4,6H,3,5,7H2,1H3,(H,13,14). The molecule has 0 spiro atoms. The first-order chi connectivity index (χ1) is 7.13. The lowest BCUT2D eigenvalue weighted by atomic mass is 10.0. The van der Waals surface area contributed by atoms with Crippen molar-refractivity contribution in [3.63, 3.8) is 0 Å². The van der Waals surface area contributed by atoms with Crippen LogP contribution < -0.4 is 0 Å². The van der Waals surface area contributed by atoms with Crippen molar-refractivity contribution in [1.82, 2.24) is 0 Å². The van der Waals surface area contributed by atoms with E-state index in [1.54, 1.807) is 13.2 Å². The van der Waals surface area contributed by atoms with Gasteiger partial charge < -0.3 is 9.84 Å². The van der Waals surface area contributed by atoms with E-state index < -0.39 is 5.97 Å². The molecule has 1 N–H and O–H groups in total. The van der Waals surface area contributed by atoms with Gasteiger partial charge in [0.1, 0.15) is 0 Å². The zero-order valence-electron chi connectivity index (χ0n) is 8.50. The third kappa shape index (κ3) is 3.90. The molecule has 4 heteroatoms. The summed E-state index contributed by atoms with van der Waals surface area (Å²) in [6.07, 6.45) is 0.629. The number of halogens is 1. The normalized spacial score (nSPS) is 10.3. The Hall–Kier alpha value is -1.06. The first kappa shape index (κ1) is 12.0. The summed E-state index contributed by atoms with van der Waals surface area (Å²) < 4.78 is 5.02. The second kappa shape index (κ2) is 5.73. The average Bonchev–Trinajstić information content (AvgIpc) is 2.17. The number of methoxy groups -OCH3 is 1. The van der Waals surface area contributed by atoms with Crippen LogP contribution in [0.2, 0.25) is 5.02 Å². The zero-order valence-corrected chi connectivity index (χ0v) is 9.25. The van der Waals surface area contributed by atoms with Gasteiger partial charge in [-0.3, -0.25) is 4.79 Å². The van der Waals surface area contributed by atoms with Gasteiger partial charge >= 0.3 is 5.97 Å². The maximum atomic E-state index is 10.5. The molecule has 1 aromatic rings. The summed E-state index contributed by atoms with van der Waals surface area (Å²) in [6, 6.07) is 5.42. The van der Waals surface area contributed by atoms with E-state index in [4.69, 9.17) is 21.4 Å². The van der Waals surface area contributed by atoms with Crippen LogP contribution in [0.4, 0.5) is 0 Å². The molecule has 0 bridgehead atoms. The molecule has 0 atom stereocenters. The van der Waals surface area contributed by atoms with E-state index in [2.05, 4.69) is 0 Å². The van der Waals surface area contributed by atoms with E-state index in [9.17, 15) is 4.79 Å².